The Balaban J connectivity index is 1.44. The molecule has 0 aliphatic carbocycles. The van der Waals surface area contributed by atoms with E-state index in [4.69, 9.17) is 0 Å². The highest BCUT2D eigenvalue weighted by molar-refractivity contribution is 9.10. The molecule has 1 N–H and O–H groups in total. The second kappa shape index (κ2) is 7.89. The Labute approximate surface area is 177 Å². The highest BCUT2D eigenvalue weighted by atomic mass is 79.9. The zero-order valence-corrected chi connectivity index (χ0v) is 18.0. The van der Waals surface area contributed by atoms with E-state index in [9.17, 15) is 18.0 Å². The maximum absolute atomic E-state index is 12.9. The average molecular weight is 478 g/mol. The molecule has 2 heterocycles. The van der Waals surface area contributed by atoms with Gasteiger partial charge in [-0.25, -0.2) is 8.42 Å². The van der Waals surface area contributed by atoms with Gasteiger partial charge in [0.2, 0.25) is 15.9 Å². The number of carbonyl (C=O) groups excluding carboxylic acids is 2. The van der Waals surface area contributed by atoms with Crippen molar-refractivity contribution in [3.8, 4) is 0 Å². The molecule has 0 aromatic heterocycles. The van der Waals surface area contributed by atoms with Crippen molar-refractivity contribution in [1.29, 1.82) is 0 Å². The topological polar surface area (TPSA) is 86.8 Å². The number of piperazine rings is 1. The molecule has 7 nitrogen and oxygen atoms in total. The van der Waals surface area contributed by atoms with Crippen LogP contribution in [0.5, 0.6) is 0 Å². The summed E-state index contributed by atoms with van der Waals surface area (Å²) >= 11 is 3.30. The van der Waals surface area contributed by atoms with Gasteiger partial charge in [0.05, 0.1) is 4.90 Å². The van der Waals surface area contributed by atoms with E-state index < -0.39 is 10.0 Å². The monoisotopic (exact) mass is 477 g/mol. The minimum Gasteiger partial charge on any atom is -0.336 e. The molecule has 2 aromatic rings. The SMILES string of the molecule is O=C1CCc2cc(C(=O)N3CCN(S(=O)(=O)c4cccc(Br)c4)CC3)ccc2N1. The van der Waals surface area contributed by atoms with Crippen LogP contribution in [0, 0.1) is 0 Å². The molecule has 2 amide bonds. The van der Waals surface area contributed by atoms with Gasteiger partial charge in [-0.3, -0.25) is 9.59 Å². The first-order chi connectivity index (χ1) is 13.8. The minimum absolute atomic E-state index is 0.0145. The predicted molar refractivity (Wildman–Crippen MR) is 112 cm³/mol. The van der Waals surface area contributed by atoms with Gasteiger partial charge >= 0.3 is 0 Å². The van der Waals surface area contributed by atoms with Gasteiger partial charge < -0.3 is 10.2 Å². The molecule has 9 heteroatoms. The molecule has 0 unspecified atom stereocenters. The maximum atomic E-state index is 12.9. The summed E-state index contributed by atoms with van der Waals surface area (Å²) in [6.07, 6.45) is 1.03. The number of hydrogen-bond donors (Lipinski definition) is 1. The van der Waals surface area contributed by atoms with Crippen LogP contribution in [0.15, 0.2) is 51.8 Å². The minimum atomic E-state index is -3.59. The van der Waals surface area contributed by atoms with E-state index in [0.29, 0.717) is 36.0 Å². The Morgan fingerprint density at radius 2 is 1.76 bits per heavy atom. The van der Waals surface area contributed by atoms with Crippen molar-refractivity contribution in [2.75, 3.05) is 31.5 Å². The van der Waals surface area contributed by atoms with E-state index in [1.165, 1.54) is 4.31 Å². The average Bonchev–Trinajstić information content (AvgIpc) is 2.73. The van der Waals surface area contributed by atoms with Crippen LogP contribution in [0.25, 0.3) is 0 Å². The van der Waals surface area contributed by atoms with Gasteiger partial charge in [0.15, 0.2) is 0 Å². The van der Waals surface area contributed by atoms with Crippen molar-refractivity contribution < 1.29 is 18.0 Å². The summed E-state index contributed by atoms with van der Waals surface area (Å²) < 4.78 is 27.8. The van der Waals surface area contributed by atoms with Gasteiger partial charge in [0.25, 0.3) is 5.91 Å². The van der Waals surface area contributed by atoms with Crippen molar-refractivity contribution in [2.45, 2.75) is 17.7 Å². The second-order valence-corrected chi connectivity index (χ2v) is 9.93. The van der Waals surface area contributed by atoms with Gasteiger partial charge in [-0.15, -0.1) is 0 Å². The molecule has 2 aromatic carbocycles. The number of nitrogens with zero attached hydrogens (tertiary/aromatic N) is 2. The number of nitrogens with one attached hydrogen (secondary N) is 1. The van der Waals surface area contributed by atoms with Crippen LogP contribution in [-0.4, -0.2) is 55.6 Å². The van der Waals surface area contributed by atoms with Crippen molar-refractivity contribution in [2.24, 2.45) is 0 Å². The van der Waals surface area contributed by atoms with Crippen LogP contribution < -0.4 is 5.32 Å². The van der Waals surface area contributed by atoms with Crippen LogP contribution in [-0.2, 0) is 21.2 Å². The third kappa shape index (κ3) is 4.08. The number of fused-ring (bicyclic) bond motifs is 1. The zero-order valence-electron chi connectivity index (χ0n) is 15.6. The van der Waals surface area contributed by atoms with E-state index >= 15 is 0 Å². The third-order valence-electron chi connectivity index (χ3n) is 5.21. The molecule has 2 aliphatic rings. The molecule has 29 heavy (non-hydrogen) atoms. The Hall–Kier alpha value is -2.23. The molecule has 2 aliphatic heterocycles. The van der Waals surface area contributed by atoms with Crippen LogP contribution in [0.1, 0.15) is 22.3 Å². The number of halogens is 1. The van der Waals surface area contributed by atoms with Crippen molar-refractivity contribution in [3.05, 3.63) is 58.1 Å². The standard InChI is InChI=1S/C20H20BrN3O4S/c21-16-2-1-3-17(13-16)29(27,28)24-10-8-23(9-11-24)20(26)15-4-6-18-14(12-15)5-7-19(25)22-18/h1-4,6,12-13H,5,7-11H2,(H,22,25). The van der Waals surface area contributed by atoms with Crippen LogP contribution >= 0.6 is 15.9 Å². The number of amides is 2. The lowest BCUT2D eigenvalue weighted by Gasteiger charge is -2.34. The number of anilines is 1. The van der Waals surface area contributed by atoms with E-state index in [2.05, 4.69) is 21.2 Å². The molecule has 1 fully saturated rings. The van der Waals surface area contributed by atoms with Gasteiger partial charge in [-0.1, -0.05) is 22.0 Å². The lowest BCUT2D eigenvalue weighted by molar-refractivity contribution is -0.116. The number of rotatable bonds is 3. The van der Waals surface area contributed by atoms with Crippen molar-refractivity contribution in [1.82, 2.24) is 9.21 Å². The molecule has 0 spiro atoms. The Morgan fingerprint density at radius 1 is 1.00 bits per heavy atom. The first-order valence-electron chi connectivity index (χ1n) is 9.32. The van der Waals surface area contributed by atoms with E-state index in [1.807, 2.05) is 6.07 Å². The van der Waals surface area contributed by atoms with Gasteiger partial charge in [0, 0.05) is 48.3 Å². The normalized spacial score (nSPS) is 17.6. The first-order valence-corrected chi connectivity index (χ1v) is 11.6. The number of carbonyl (C=O) groups is 2. The van der Waals surface area contributed by atoms with Gasteiger partial charge in [-0.2, -0.15) is 4.31 Å². The van der Waals surface area contributed by atoms with Gasteiger partial charge in [-0.05, 0) is 48.4 Å². The van der Waals surface area contributed by atoms with Crippen molar-refractivity contribution >= 4 is 43.5 Å². The van der Waals surface area contributed by atoms with Crippen molar-refractivity contribution in [3.63, 3.8) is 0 Å². The molecular weight excluding hydrogens is 458 g/mol. The third-order valence-corrected chi connectivity index (χ3v) is 7.60. The highest BCUT2D eigenvalue weighted by Gasteiger charge is 2.31. The molecule has 0 atom stereocenters. The number of hydrogen-bond acceptors (Lipinski definition) is 4. The largest absolute Gasteiger partial charge is 0.336 e. The Bertz CT molecular complexity index is 1080. The van der Waals surface area contributed by atoms with Crippen LogP contribution in [0.3, 0.4) is 0 Å². The smallest absolute Gasteiger partial charge is 0.253 e. The lowest BCUT2D eigenvalue weighted by Crippen LogP contribution is -2.50. The summed E-state index contributed by atoms with van der Waals surface area (Å²) in [4.78, 5) is 26.3. The van der Waals surface area contributed by atoms with E-state index in [0.717, 1.165) is 11.3 Å². The van der Waals surface area contributed by atoms with Gasteiger partial charge in [0.1, 0.15) is 0 Å². The summed E-state index contributed by atoms with van der Waals surface area (Å²) in [5.41, 5.74) is 2.26. The quantitative estimate of drug-likeness (QED) is 0.735. The summed E-state index contributed by atoms with van der Waals surface area (Å²) in [5.74, 6) is -0.136. The Morgan fingerprint density at radius 3 is 2.48 bits per heavy atom. The predicted octanol–water partition coefficient (Wildman–Crippen LogP) is 2.48. The number of sulfonamides is 1. The zero-order chi connectivity index (χ0) is 20.6. The molecular formula is C20H20BrN3O4S. The van der Waals surface area contributed by atoms with Crippen LogP contribution in [0.2, 0.25) is 0 Å². The van der Waals surface area contributed by atoms with Crippen LogP contribution in [0.4, 0.5) is 5.69 Å². The second-order valence-electron chi connectivity index (χ2n) is 7.07. The summed E-state index contributed by atoms with van der Waals surface area (Å²) in [6, 6.07) is 11.9. The molecule has 4 rings (SSSR count). The highest BCUT2D eigenvalue weighted by Crippen LogP contribution is 2.25. The number of aryl methyl sites for hydroxylation is 1. The summed E-state index contributed by atoms with van der Waals surface area (Å²) in [5, 5.41) is 2.81. The molecule has 0 saturated carbocycles. The maximum Gasteiger partial charge on any atom is 0.253 e. The fourth-order valence-electron chi connectivity index (χ4n) is 3.61. The lowest BCUT2D eigenvalue weighted by atomic mass is 10.00. The van der Waals surface area contributed by atoms with E-state index in [-0.39, 0.29) is 29.8 Å². The first kappa shape index (κ1) is 20.1. The summed E-state index contributed by atoms with van der Waals surface area (Å²) in [6.45, 7) is 1.17. The molecule has 0 bridgehead atoms. The Kier molecular flexibility index (Phi) is 5.46. The number of benzene rings is 2. The molecule has 152 valence electrons. The molecule has 0 radical (unpaired) electrons. The fraction of sp³-hybridized carbons (Fsp3) is 0.300. The van der Waals surface area contributed by atoms with E-state index in [1.54, 1.807) is 41.3 Å². The summed E-state index contributed by atoms with van der Waals surface area (Å²) in [7, 11) is -3.59. The fourth-order valence-corrected chi connectivity index (χ4v) is 5.63. The molecule has 1 saturated heterocycles.